The number of nitrogens with zero attached hydrogens (tertiary/aromatic N) is 6. The van der Waals surface area contributed by atoms with E-state index in [9.17, 15) is 14.0 Å². The number of piperazine rings is 1. The normalized spacial score (nSPS) is 20.8. The lowest BCUT2D eigenvalue weighted by atomic mass is 9.94. The summed E-state index contributed by atoms with van der Waals surface area (Å²) in [5, 5.41) is 4.39. The van der Waals surface area contributed by atoms with E-state index in [1.807, 2.05) is 18.7 Å². The van der Waals surface area contributed by atoms with Gasteiger partial charge in [-0.25, -0.2) is 9.18 Å². The molecule has 4 aromatic rings. The molecule has 1 unspecified atom stereocenters. The lowest BCUT2D eigenvalue weighted by molar-refractivity contribution is -0.137. The van der Waals surface area contributed by atoms with Gasteiger partial charge >= 0.3 is 11.9 Å². The number of anilines is 1. The van der Waals surface area contributed by atoms with E-state index >= 15 is 13.2 Å². The fraction of sp³-hybridized carbons (Fsp3) is 0.448. The van der Waals surface area contributed by atoms with Gasteiger partial charge in [-0.2, -0.15) is 23.3 Å². The van der Waals surface area contributed by atoms with Crippen molar-refractivity contribution < 1.29 is 27.1 Å². The zero-order chi connectivity index (χ0) is 31.0. The van der Waals surface area contributed by atoms with Gasteiger partial charge in [-0.1, -0.05) is 0 Å². The summed E-state index contributed by atoms with van der Waals surface area (Å²) >= 11 is 1.21. The largest absolute Gasteiger partial charge is 0.417 e. The number of hydrogen-bond donors (Lipinski definition) is 0. The number of benzene rings is 2. The Morgan fingerprint density at radius 1 is 1.14 bits per heavy atom. The maximum Gasteiger partial charge on any atom is 0.417 e. The molecule has 1 saturated heterocycles. The monoisotopic (exact) mass is 618 g/mol. The molecule has 228 valence electrons. The van der Waals surface area contributed by atoms with E-state index in [-0.39, 0.29) is 75.0 Å². The Bertz CT molecular complexity index is 1840. The molecule has 0 radical (unpaired) electrons. The second kappa shape index (κ2) is 10.5. The molecule has 0 aliphatic carbocycles. The Morgan fingerprint density at radius 2 is 1.88 bits per heavy atom. The van der Waals surface area contributed by atoms with Gasteiger partial charge in [0, 0.05) is 73.4 Å². The van der Waals surface area contributed by atoms with E-state index in [0.29, 0.717) is 12.1 Å². The van der Waals surface area contributed by atoms with Gasteiger partial charge in [-0.15, -0.1) is 11.8 Å². The number of amides is 1. The molecule has 0 bridgehead atoms. The van der Waals surface area contributed by atoms with Gasteiger partial charge in [0.15, 0.2) is 0 Å². The van der Waals surface area contributed by atoms with Crippen LogP contribution in [0.2, 0.25) is 0 Å². The number of rotatable bonds is 4. The summed E-state index contributed by atoms with van der Waals surface area (Å²) < 4.78 is 68.1. The van der Waals surface area contributed by atoms with Crippen molar-refractivity contribution in [2.24, 2.45) is 7.05 Å². The molecule has 0 spiro atoms. The fourth-order valence-corrected chi connectivity index (χ4v) is 7.75. The molecule has 9 nitrogen and oxygen atoms in total. The molecule has 1 amide bonds. The van der Waals surface area contributed by atoms with Crippen molar-refractivity contribution in [2.45, 2.75) is 50.0 Å². The summed E-state index contributed by atoms with van der Waals surface area (Å²) in [6.45, 7) is 5.96. The quantitative estimate of drug-likeness (QED) is 0.303. The van der Waals surface area contributed by atoms with E-state index in [4.69, 9.17) is 4.74 Å². The van der Waals surface area contributed by atoms with Crippen LogP contribution in [0.3, 0.4) is 0 Å². The summed E-state index contributed by atoms with van der Waals surface area (Å²) in [7, 11) is 3.05. The molecular formula is C29H30F4N6O3S. The van der Waals surface area contributed by atoms with E-state index in [2.05, 4.69) is 10.1 Å². The van der Waals surface area contributed by atoms with Crippen LogP contribution in [0.4, 0.5) is 23.4 Å². The number of halogens is 4. The minimum absolute atomic E-state index is 0.0949. The van der Waals surface area contributed by atoms with Gasteiger partial charge in [-0.05, 0) is 32.0 Å². The highest BCUT2D eigenvalue weighted by Gasteiger charge is 2.41. The van der Waals surface area contributed by atoms with E-state index in [1.165, 1.54) is 47.3 Å². The van der Waals surface area contributed by atoms with Crippen molar-refractivity contribution in [1.82, 2.24) is 24.2 Å². The molecule has 43 heavy (non-hydrogen) atoms. The molecule has 0 saturated carbocycles. The summed E-state index contributed by atoms with van der Waals surface area (Å²) in [6.07, 6.45) is -3.51. The summed E-state index contributed by atoms with van der Waals surface area (Å²) in [5.74, 6) is -0.294. The highest BCUT2D eigenvalue weighted by atomic mass is 32.2. The van der Waals surface area contributed by atoms with Crippen LogP contribution >= 0.6 is 11.8 Å². The van der Waals surface area contributed by atoms with E-state index < -0.39 is 29.3 Å². The minimum Gasteiger partial charge on any atom is -0.383 e. The van der Waals surface area contributed by atoms with Crippen LogP contribution in [-0.2, 0) is 22.8 Å². The number of carbonyl (C=O) groups is 1. The zero-order valence-electron chi connectivity index (χ0n) is 24.2. The number of aromatic nitrogens is 4. The number of ether oxygens (including phenoxy) is 1. The van der Waals surface area contributed by atoms with Crippen LogP contribution in [0.25, 0.3) is 32.9 Å². The molecular weight excluding hydrogens is 588 g/mol. The van der Waals surface area contributed by atoms with Gasteiger partial charge < -0.3 is 14.5 Å². The number of aryl methyl sites for hydroxylation is 1. The van der Waals surface area contributed by atoms with Crippen molar-refractivity contribution in [3.8, 4) is 11.1 Å². The summed E-state index contributed by atoms with van der Waals surface area (Å²) in [6, 6.07) is 2.49. The number of alkyl halides is 3. The van der Waals surface area contributed by atoms with Crippen molar-refractivity contribution in [1.29, 1.82) is 0 Å². The van der Waals surface area contributed by atoms with Crippen LogP contribution in [0.1, 0.15) is 32.4 Å². The van der Waals surface area contributed by atoms with Crippen molar-refractivity contribution in [3.63, 3.8) is 0 Å². The summed E-state index contributed by atoms with van der Waals surface area (Å²) in [4.78, 5) is 34.1. The summed E-state index contributed by atoms with van der Waals surface area (Å²) in [5.41, 5.74) is -0.958. The maximum atomic E-state index is 15.1. The maximum absolute atomic E-state index is 15.1. The van der Waals surface area contributed by atoms with Crippen LogP contribution in [0, 0.1) is 5.82 Å². The van der Waals surface area contributed by atoms with Gasteiger partial charge in [0.1, 0.15) is 11.6 Å². The highest BCUT2D eigenvalue weighted by molar-refractivity contribution is 7.99. The first kappa shape index (κ1) is 29.4. The Morgan fingerprint density at radius 3 is 2.56 bits per heavy atom. The van der Waals surface area contributed by atoms with Crippen molar-refractivity contribution in [3.05, 3.63) is 46.3 Å². The van der Waals surface area contributed by atoms with Crippen LogP contribution in [-0.4, -0.2) is 74.8 Å². The minimum atomic E-state index is -4.80. The predicted octanol–water partition coefficient (Wildman–Crippen LogP) is 4.85. The third kappa shape index (κ3) is 4.65. The Kier molecular flexibility index (Phi) is 7.19. The lowest BCUT2D eigenvalue weighted by Gasteiger charge is -2.45. The topological polar surface area (TPSA) is 85.5 Å². The second-order valence-corrected chi connectivity index (χ2v) is 12.2. The molecule has 3 atom stereocenters. The van der Waals surface area contributed by atoms with Gasteiger partial charge in [0.25, 0.3) is 0 Å². The van der Waals surface area contributed by atoms with Crippen LogP contribution in [0.15, 0.2) is 34.1 Å². The molecule has 2 aromatic heterocycles. The van der Waals surface area contributed by atoms with Crippen LogP contribution in [0.5, 0.6) is 0 Å². The van der Waals surface area contributed by atoms with Gasteiger partial charge in [-0.3, -0.25) is 14.0 Å². The number of fused-ring (bicyclic) bond motifs is 1. The first-order valence-electron chi connectivity index (χ1n) is 13.8. The van der Waals surface area contributed by atoms with Gasteiger partial charge in [0.05, 0.1) is 40.8 Å². The predicted molar refractivity (Wildman–Crippen MR) is 156 cm³/mol. The third-order valence-electron chi connectivity index (χ3n) is 8.37. The number of carbonyl (C=O) groups excluding carboxylic acids is 1. The average Bonchev–Trinajstić information content (AvgIpc) is 3.34. The van der Waals surface area contributed by atoms with Crippen LogP contribution < -0.4 is 10.6 Å². The van der Waals surface area contributed by atoms with Crippen molar-refractivity contribution >= 4 is 45.3 Å². The first-order chi connectivity index (χ1) is 20.3. The zero-order valence-corrected chi connectivity index (χ0v) is 25.0. The van der Waals surface area contributed by atoms with E-state index in [0.717, 1.165) is 12.1 Å². The molecule has 2 aliphatic heterocycles. The van der Waals surface area contributed by atoms with Crippen molar-refractivity contribution in [2.75, 3.05) is 37.5 Å². The fourth-order valence-electron chi connectivity index (χ4n) is 6.44. The smallest absolute Gasteiger partial charge is 0.383 e. The molecule has 4 heterocycles. The molecule has 1 fully saturated rings. The molecule has 6 rings (SSSR count). The molecule has 2 aromatic carbocycles. The Labute approximate surface area is 248 Å². The SMILES string of the molecule is COCC1CSc2c(-c3ccc(F)c4cnn(C)c34)c(C(F)(F)F)cc3c(N4C[C@@H](C)N(C(C)=O)C[C@@H]4C)nc(=O)n1c23. The highest BCUT2D eigenvalue weighted by Crippen LogP contribution is 2.51. The Balaban J connectivity index is 1.72. The number of hydrogen-bond acceptors (Lipinski definition) is 7. The number of methoxy groups -OCH3 is 1. The number of thioether (sulfide) groups is 1. The molecule has 0 N–H and O–H groups in total. The average molecular weight is 619 g/mol. The second-order valence-electron chi connectivity index (χ2n) is 11.2. The van der Waals surface area contributed by atoms with Gasteiger partial charge in [0.2, 0.25) is 5.91 Å². The standard InChI is InChI=1S/C29H30F4N6O3S/c1-14-11-38(15(2)10-37(14)16(3)40)27-19-8-21(29(31,32)33)23(18-6-7-22(30)20-9-34-36(4)24(18)20)26-25(19)39(28(41)35-27)17(12-42-5)13-43-26/h6-9,14-15,17H,10-13H2,1-5H3/t14-,15+,17?/m1/s1. The molecule has 2 aliphatic rings. The molecule has 14 heteroatoms. The van der Waals surface area contributed by atoms with E-state index in [1.54, 1.807) is 11.9 Å². The first-order valence-corrected chi connectivity index (χ1v) is 14.8. The Hall–Kier alpha value is -3.65. The lowest BCUT2D eigenvalue weighted by Crippen LogP contribution is -2.58. The third-order valence-corrected chi connectivity index (χ3v) is 9.61.